The minimum absolute atomic E-state index is 0.130. The van der Waals surface area contributed by atoms with Gasteiger partial charge in [0.1, 0.15) is 0 Å². The molecule has 0 spiro atoms. The maximum absolute atomic E-state index is 11.3. The standard InChI is InChI=1S/C12H22O3/c1-3-15-11(13)9-12(2,14)10-7-5-4-6-8-10/h10,14H,3-9H2,1-2H3. The van der Waals surface area contributed by atoms with Gasteiger partial charge in [-0.15, -0.1) is 0 Å². The number of rotatable bonds is 4. The summed E-state index contributed by atoms with van der Waals surface area (Å²) >= 11 is 0. The van der Waals surface area contributed by atoms with Gasteiger partial charge in [0.15, 0.2) is 0 Å². The van der Waals surface area contributed by atoms with Gasteiger partial charge in [0, 0.05) is 0 Å². The first-order chi connectivity index (χ1) is 7.06. The third-order valence-electron chi connectivity index (χ3n) is 3.29. The van der Waals surface area contributed by atoms with Gasteiger partial charge in [-0.25, -0.2) is 0 Å². The van der Waals surface area contributed by atoms with Crippen LogP contribution in [0.2, 0.25) is 0 Å². The van der Waals surface area contributed by atoms with Crippen molar-refractivity contribution in [1.82, 2.24) is 0 Å². The quantitative estimate of drug-likeness (QED) is 0.730. The molecule has 1 unspecified atom stereocenters. The van der Waals surface area contributed by atoms with Crippen molar-refractivity contribution in [3.63, 3.8) is 0 Å². The predicted molar refractivity (Wildman–Crippen MR) is 58.4 cm³/mol. The van der Waals surface area contributed by atoms with E-state index in [-0.39, 0.29) is 18.3 Å². The maximum Gasteiger partial charge on any atom is 0.308 e. The van der Waals surface area contributed by atoms with Gasteiger partial charge in [0.25, 0.3) is 0 Å². The van der Waals surface area contributed by atoms with Crippen LogP contribution in [0.15, 0.2) is 0 Å². The molecule has 1 aliphatic rings. The summed E-state index contributed by atoms with van der Waals surface area (Å²) in [5, 5.41) is 10.2. The molecule has 0 aromatic rings. The monoisotopic (exact) mass is 214 g/mol. The van der Waals surface area contributed by atoms with E-state index >= 15 is 0 Å². The molecule has 0 aliphatic heterocycles. The van der Waals surface area contributed by atoms with E-state index in [2.05, 4.69) is 0 Å². The maximum atomic E-state index is 11.3. The molecule has 0 radical (unpaired) electrons. The van der Waals surface area contributed by atoms with E-state index in [1.165, 1.54) is 19.3 Å². The van der Waals surface area contributed by atoms with E-state index in [1.54, 1.807) is 13.8 Å². The molecule has 15 heavy (non-hydrogen) atoms. The zero-order valence-corrected chi connectivity index (χ0v) is 9.79. The van der Waals surface area contributed by atoms with E-state index in [0.717, 1.165) is 12.8 Å². The van der Waals surface area contributed by atoms with Crippen LogP contribution in [0.4, 0.5) is 0 Å². The first-order valence-electron chi connectivity index (χ1n) is 5.94. The second-order valence-corrected chi connectivity index (χ2v) is 4.67. The Hall–Kier alpha value is -0.570. The largest absolute Gasteiger partial charge is 0.466 e. The number of carbonyl (C=O) groups is 1. The van der Waals surface area contributed by atoms with Crippen molar-refractivity contribution in [2.24, 2.45) is 5.92 Å². The molecule has 0 bridgehead atoms. The number of aliphatic hydroxyl groups is 1. The van der Waals surface area contributed by atoms with Crippen LogP contribution in [0.25, 0.3) is 0 Å². The summed E-state index contributed by atoms with van der Waals surface area (Å²) in [5.41, 5.74) is -0.882. The van der Waals surface area contributed by atoms with E-state index in [9.17, 15) is 9.90 Å². The lowest BCUT2D eigenvalue weighted by Crippen LogP contribution is -2.38. The van der Waals surface area contributed by atoms with Crippen LogP contribution in [-0.2, 0) is 9.53 Å². The van der Waals surface area contributed by atoms with E-state index < -0.39 is 5.60 Å². The molecule has 1 N–H and O–H groups in total. The SMILES string of the molecule is CCOC(=O)CC(C)(O)C1CCCCC1. The van der Waals surface area contributed by atoms with Crippen molar-refractivity contribution in [2.75, 3.05) is 6.61 Å². The van der Waals surface area contributed by atoms with Gasteiger partial charge in [-0.2, -0.15) is 0 Å². The van der Waals surface area contributed by atoms with Gasteiger partial charge in [0.05, 0.1) is 18.6 Å². The van der Waals surface area contributed by atoms with E-state index in [1.807, 2.05) is 0 Å². The third-order valence-corrected chi connectivity index (χ3v) is 3.29. The summed E-state index contributed by atoms with van der Waals surface area (Å²) in [6.45, 7) is 3.94. The number of ether oxygens (including phenoxy) is 1. The molecule has 1 rings (SSSR count). The summed E-state index contributed by atoms with van der Waals surface area (Å²) in [6, 6.07) is 0. The van der Waals surface area contributed by atoms with Crippen LogP contribution in [0.3, 0.4) is 0 Å². The van der Waals surface area contributed by atoms with Gasteiger partial charge >= 0.3 is 5.97 Å². The molecule has 1 saturated carbocycles. The second-order valence-electron chi connectivity index (χ2n) is 4.67. The lowest BCUT2D eigenvalue weighted by atomic mass is 9.76. The van der Waals surface area contributed by atoms with Gasteiger partial charge in [-0.3, -0.25) is 4.79 Å². The zero-order valence-electron chi connectivity index (χ0n) is 9.79. The number of esters is 1. The topological polar surface area (TPSA) is 46.5 Å². The highest BCUT2D eigenvalue weighted by Gasteiger charge is 2.35. The van der Waals surface area contributed by atoms with Crippen LogP contribution >= 0.6 is 0 Å². The second kappa shape index (κ2) is 5.50. The van der Waals surface area contributed by atoms with Crippen LogP contribution in [0, 0.1) is 5.92 Å². The normalized spacial score (nSPS) is 22.1. The third kappa shape index (κ3) is 3.82. The van der Waals surface area contributed by atoms with Crippen molar-refractivity contribution in [2.45, 2.75) is 58.0 Å². The lowest BCUT2D eigenvalue weighted by Gasteiger charge is -2.34. The molecule has 3 nitrogen and oxygen atoms in total. The zero-order chi connectivity index (χ0) is 11.3. The Morgan fingerprint density at radius 3 is 2.53 bits per heavy atom. The molecule has 0 aromatic carbocycles. The molecular formula is C12H22O3. The highest BCUT2D eigenvalue weighted by atomic mass is 16.5. The van der Waals surface area contributed by atoms with Gasteiger partial charge in [-0.1, -0.05) is 19.3 Å². The summed E-state index contributed by atoms with van der Waals surface area (Å²) < 4.78 is 4.87. The van der Waals surface area contributed by atoms with E-state index in [4.69, 9.17) is 4.74 Å². The smallest absolute Gasteiger partial charge is 0.308 e. The highest BCUT2D eigenvalue weighted by Crippen LogP contribution is 2.34. The summed E-state index contributed by atoms with van der Waals surface area (Å²) in [7, 11) is 0. The highest BCUT2D eigenvalue weighted by molar-refractivity contribution is 5.70. The van der Waals surface area contributed by atoms with Crippen molar-refractivity contribution in [3.05, 3.63) is 0 Å². The fourth-order valence-electron chi connectivity index (χ4n) is 2.37. The van der Waals surface area contributed by atoms with Gasteiger partial charge in [-0.05, 0) is 32.6 Å². The minimum Gasteiger partial charge on any atom is -0.466 e. The molecule has 1 atom stereocenters. The molecule has 0 saturated heterocycles. The predicted octanol–water partition coefficient (Wildman–Crippen LogP) is 2.27. The number of carbonyl (C=O) groups excluding carboxylic acids is 1. The molecular weight excluding hydrogens is 192 g/mol. The Morgan fingerprint density at radius 2 is 2.00 bits per heavy atom. The Kier molecular flexibility index (Phi) is 4.58. The fourth-order valence-corrected chi connectivity index (χ4v) is 2.37. The Bertz CT molecular complexity index is 205. The summed E-state index contributed by atoms with van der Waals surface area (Å²) in [6.07, 6.45) is 5.80. The van der Waals surface area contributed by atoms with Crippen LogP contribution in [-0.4, -0.2) is 23.3 Å². The van der Waals surface area contributed by atoms with Crippen molar-refractivity contribution < 1.29 is 14.6 Å². The average molecular weight is 214 g/mol. The van der Waals surface area contributed by atoms with Crippen molar-refractivity contribution in [3.8, 4) is 0 Å². The molecule has 0 amide bonds. The molecule has 3 heteroatoms. The van der Waals surface area contributed by atoms with Gasteiger partial charge < -0.3 is 9.84 Å². The Labute approximate surface area is 91.8 Å². The average Bonchev–Trinajstić information content (AvgIpc) is 2.18. The van der Waals surface area contributed by atoms with Crippen molar-refractivity contribution in [1.29, 1.82) is 0 Å². The molecule has 1 fully saturated rings. The Balaban J connectivity index is 2.45. The van der Waals surface area contributed by atoms with Crippen molar-refractivity contribution >= 4 is 5.97 Å². The summed E-state index contributed by atoms with van der Waals surface area (Å²) in [5.74, 6) is -0.0243. The van der Waals surface area contributed by atoms with Gasteiger partial charge in [0.2, 0.25) is 0 Å². The first kappa shape index (κ1) is 12.5. The number of hydrogen-bond donors (Lipinski definition) is 1. The molecule has 1 aliphatic carbocycles. The Morgan fingerprint density at radius 1 is 1.40 bits per heavy atom. The molecule has 0 heterocycles. The fraction of sp³-hybridized carbons (Fsp3) is 0.917. The summed E-state index contributed by atoms with van der Waals surface area (Å²) in [4.78, 5) is 11.3. The first-order valence-corrected chi connectivity index (χ1v) is 5.94. The van der Waals surface area contributed by atoms with E-state index in [0.29, 0.717) is 6.61 Å². The minimum atomic E-state index is -0.882. The molecule has 88 valence electrons. The number of hydrogen-bond acceptors (Lipinski definition) is 3. The lowest BCUT2D eigenvalue weighted by molar-refractivity contribution is -0.150. The van der Waals surface area contributed by atoms with Crippen LogP contribution in [0.1, 0.15) is 52.4 Å². The van der Waals surface area contributed by atoms with Crippen LogP contribution < -0.4 is 0 Å². The van der Waals surface area contributed by atoms with Crippen LogP contribution in [0.5, 0.6) is 0 Å². The molecule has 0 aromatic heterocycles.